The van der Waals surface area contributed by atoms with Crippen molar-refractivity contribution in [1.82, 2.24) is 4.90 Å². The summed E-state index contributed by atoms with van der Waals surface area (Å²) in [7, 11) is 0. The van der Waals surface area contributed by atoms with Gasteiger partial charge in [-0.1, -0.05) is 43.5 Å². The molecule has 6 heteroatoms. The van der Waals surface area contributed by atoms with Gasteiger partial charge in [0.2, 0.25) is 0 Å². The Hall–Kier alpha value is -2.79. The van der Waals surface area contributed by atoms with Crippen molar-refractivity contribution >= 4 is 29.1 Å². The highest BCUT2D eigenvalue weighted by Gasteiger charge is 2.45. The number of benzene rings is 2. The second kappa shape index (κ2) is 8.48. The molecule has 2 aromatic carbocycles. The first-order valence-corrected chi connectivity index (χ1v) is 9.65. The number of phenolic OH excluding ortho intramolecular Hbond substituents is 1. The molecule has 0 spiro atoms. The molecule has 0 aromatic heterocycles. The van der Waals surface area contributed by atoms with Crippen molar-refractivity contribution in [2.24, 2.45) is 0 Å². The first kappa shape index (κ1) is 20.0. The van der Waals surface area contributed by atoms with E-state index in [9.17, 15) is 19.8 Å². The lowest BCUT2D eigenvalue weighted by Crippen LogP contribution is -2.30. The zero-order valence-electron chi connectivity index (χ0n) is 15.6. The summed E-state index contributed by atoms with van der Waals surface area (Å²) in [6.07, 6.45) is 2.65. The number of likely N-dealkylation sites (tertiary alicyclic amines) is 1. The molecular weight excluding hydrogens is 378 g/mol. The molecular formula is C22H22ClNO4. The van der Waals surface area contributed by atoms with Gasteiger partial charge in [0.1, 0.15) is 11.5 Å². The standard InChI is InChI=1S/C22H22ClNO4/c1-2-3-4-12-24-19(15-6-5-7-17(25)13-15)18(21(27)22(24)28)20(26)14-8-10-16(23)11-9-14/h5-11,13,19,25-26H,2-4,12H2,1H3/b20-18-. The van der Waals surface area contributed by atoms with E-state index in [-0.39, 0.29) is 17.1 Å². The number of aliphatic hydroxyl groups excluding tert-OH is 1. The van der Waals surface area contributed by atoms with Crippen molar-refractivity contribution in [2.75, 3.05) is 6.54 Å². The Labute approximate surface area is 168 Å². The molecule has 1 saturated heterocycles. The number of carbonyl (C=O) groups is 2. The first-order valence-electron chi connectivity index (χ1n) is 9.27. The molecule has 5 nitrogen and oxygen atoms in total. The molecule has 28 heavy (non-hydrogen) atoms. The molecule has 0 bridgehead atoms. The van der Waals surface area contributed by atoms with Gasteiger partial charge in [0.15, 0.2) is 0 Å². The molecule has 1 aliphatic heterocycles. The second-order valence-electron chi connectivity index (χ2n) is 6.80. The van der Waals surface area contributed by atoms with Crippen LogP contribution in [0.15, 0.2) is 54.1 Å². The van der Waals surface area contributed by atoms with Gasteiger partial charge in [-0.05, 0) is 48.4 Å². The third-order valence-electron chi connectivity index (χ3n) is 4.85. The van der Waals surface area contributed by atoms with Gasteiger partial charge in [0, 0.05) is 17.1 Å². The molecule has 2 aromatic rings. The lowest BCUT2D eigenvalue weighted by molar-refractivity contribution is -0.139. The van der Waals surface area contributed by atoms with E-state index in [1.807, 2.05) is 0 Å². The number of amides is 1. The molecule has 3 rings (SSSR count). The van der Waals surface area contributed by atoms with E-state index >= 15 is 0 Å². The average molecular weight is 400 g/mol. The molecule has 2 N–H and O–H groups in total. The van der Waals surface area contributed by atoms with Crippen LogP contribution in [0.1, 0.15) is 43.4 Å². The molecule has 1 fully saturated rings. The topological polar surface area (TPSA) is 77.8 Å². The van der Waals surface area contributed by atoms with Crippen molar-refractivity contribution < 1.29 is 19.8 Å². The highest BCUT2D eigenvalue weighted by atomic mass is 35.5. The summed E-state index contributed by atoms with van der Waals surface area (Å²) < 4.78 is 0. The SMILES string of the molecule is CCCCCN1C(=O)C(=O)/C(=C(\O)c2ccc(Cl)cc2)C1c1cccc(O)c1. The van der Waals surface area contributed by atoms with Crippen LogP contribution in [0.25, 0.3) is 5.76 Å². The van der Waals surface area contributed by atoms with E-state index in [0.29, 0.717) is 22.7 Å². The molecule has 146 valence electrons. The summed E-state index contributed by atoms with van der Waals surface area (Å²) in [6, 6.07) is 12.1. The van der Waals surface area contributed by atoms with E-state index in [0.717, 1.165) is 19.3 Å². The highest BCUT2D eigenvalue weighted by Crippen LogP contribution is 2.40. The van der Waals surface area contributed by atoms with Crippen molar-refractivity contribution in [2.45, 2.75) is 32.2 Å². The molecule has 1 unspecified atom stereocenters. The number of halogens is 1. The number of hydrogen-bond donors (Lipinski definition) is 2. The van der Waals surface area contributed by atoms with Crippen molar-refractivity contribution in [3.05, 3.63) is 70.3 Å². The van der Waals surface area contributed by atoms with Crippen LogP contribution in [0.2, 0.25) is 5.02 Å². The molecule has 0 saturated carbocycles. The van der Waals surface area contributed by atoms with Gasteiger partial charge < -0.3 is 15.1 Å². The van der Waals surface area contributed by atoms with E-state index in [1.165, 1.54) is 17.0 Å². The van der Waals surface area contributed by atoms with Crippen molar-refractivity contribution in [3.63, 3.8) is 0 Å². The van der Waals surface area contributed by atoms with Gasteiger partial charge >= 0.3 is 0 Å². The van der Waals surface area contributed by atoms with Crippen LogP contribution < -0.4 is 0 Å². The van der Waals surface area contributed by atoms with Crippen LogP contribution >= 0.6 is 11.6 Å². The zero-order chi connectivity index (χ0) is 20.3. The van der Waals surface area contributed by atoms with E-state index in [4.69, 9.17) is 11.6 Å². The Morgan fingerprint density at radius 3 is 2.46 bits per heavy atom. The van der Waals surface area contributed by atoms with Crippen molar-refractivity contribution in [1.29, 1.82) is 0 Å². The molecule has 1 heterocycles. The maximum Gasteiger partial charge on any atom is 0.295 e. The number of aromatic hydroxyl groups is 1. The van der Waals surface area contributed by atoms with Crippen LogP contribution in [0.5, 0.6) is 5.75 Å². The normalized spacial score (nSPS) is 18.6. The maximum atomic E-state index is 12.8. The molecule has 1 amide bonds. The molecule has 1 aliphatic rings. The summed E-state index contributed by atoms with van der Waals surface area (Å²) in [6.45, 7) is 2.46. The largest absolute Gasteiger partial charge is 0.508 e. The van der Waals surface area contributed by atoms with Gasteiger partial charge in [0.05, 0.1) is 11.6 Å². The lowest BCUT2D eigenvalue weighted by Gasteiger charge is -2.25. The van der Waals surface area contributed by atoms with E-state index in [2.05, 4.69) is 6.92 Å². The number of nitrogens with zero attached hydrogens (tertiary/aromatic N) is 1. The van der Waals surface area contributed by atoms with Crippen molar-refractivity contribution in [3.8, 4) is 5.75 Å². The third kappa shape index (κ3) is 3.90. The zero-order valence-corrected chi connectivity index (χ0v) is 16.3. The number of phenols is 1. The van der Waals surface area contributed by atoms with Gasteiger partial charge in [-0.2, -0.15) is 0 Å². The minimum atomic E-state index is -0.750. The number of unbranched alkanes of at least 4 members (excludes halogenated alkanes) is 2. The fraction of sp³-hybridized carbons (Fsp3) is 0.273. The second-order valence-corrected chi connectivity index (χ2v) is 7.24. The Morgan fingerprint density at radius 2 is 1.82 bits per heavy atom. The van der Waals surface area contributed by atoms with Crippen LogP contribution in [-0.4, -0.2) is 33.3 Å². The number of hydrogen-bond acceptors (Lipinski definition) is 4. The van der Waals surface area contributed by atoms with Crippen LogP contribution in [0.4, 0.5) is 0 Å². The predicted molar refractivity (Wildman–Crippen MR) is 108 cm³/mol. The summed E-state index contributed by atoms with van der Waals surface area (Å²) in [4.78, 5) is 27.0. The Balaban J connectivity index is 2.12. The van der Waals surface area contributed by atoms with Gasteiger partial charge in [-0.3, -0.25) is 9.59 Å². The monoisotopic (exact) mass is 399 g/mol. The Bertz CT molecular complexity index is 920. The van der Waals surface area contributed by atoms with E-state index < -0.39 is 17.7 Å². The molecule has 0 radical (unpaired) electrons. The van der Waals surface area contributed by atoms with Gasteiger partial charge in [0.25, 0.3) is 11.7 Å². The summed E-state index contributed by atoms with van der Waals surface area (Å²) in [5, 5.41) is 21.3. The minimum Gasteiger partial charge on any atom is -0.508 e. The van der Waals surface area contributed by atoms with Crippen LogP contribution in [-0.2, 0) is 9.59 Å². The Morgan fingerprint density at radius 1 is 1.11 bits per heavy atom. The summed E-state index contributed by atoms with van der Waals surface area (Å²) in [5.41, 5.74) is 1.00. The summed E-state index contributed by atoms with van der Waals surface area (Å²) >= 11 is 5.91. The number of Topliss-reactive ketones (excluding diaryl/α,β-unsaturated/α-hetero) is 1. The smallest absolute Gasteiger partial charge is 0.295 e. The summed E-state index contributed by atoms with van der Waals surface area (Å²) in [5.74, 6) is -1.58. The average Bonchev–Trinajstić information content (AvgIpc) is 2.93. The minimum absolute atomic E-state index is 0.0226. The van der Waals surface area contributed by atoms with E-state index in [1.54, 1.807) is 36.4 Å². The molecule has 1 atom stereocenters. The number of rotatable bonds is 6. The lowest BCUT2D eigenvalue weighted by atomic mass is 9.95. The van der Waals surface area contributed by atoms with Crippen LogP contribution in [0, 0.1) is 0 Å². The third-order valence-corrected chi connectivity index (χ3v) is 5.10. The quantitative estimate of drug-likeness (QED) is 0.320. The number of aliphatic hydroxyl groups is 1. The number of carbonyl (C=O) groups excluding carboxylic acids is 2. The first-order chi connectivity index (χ1) is 13.4. The Kier molecular flexibility index (Phi) is 6.05. The highest BCUT2D eigenvalue weighted by molar-refractivity contribution is 6.46. The van der Waals surface area contributed by atoms with Gasteiger partial charge in [-0.15, -0.1) is 0 Å². The predicted octanol–water partition coefficient (Wildman–Crippen LogP) is 4.66. The molecule has 0 aliphatic carbocycles. The fourth-order valence-corrected chi connectivity index (χ4v) is 3.57. The van der Waals surface area contributed by atoms with Crippen LogP contribution in [0.3, 0.4) is 0 Å². The fourth-order valence-electron chi connectivity index (χ4n) is 3.45. The van der Waals surface area contributed by atoms with Gasteiger partial charge in [-0.25, -0.2) is 0 Å². The number of ketones is 1. The maximum absolute atomic E-state index is 12.8.